The fourth-order valence-corrected chi connectivity index (χ4v) is 4.13. The number of carbonyl (C=O) groups is 2. The Kier molecular flexibility index (Phi) is 6.19. The molecule has 0 aliphatic carbocycles. The number of aromatic nitrogens is 2. The Labute approximate surface area is 169 Å². The molecule has 7 nitrogen and oxygen atoms in total. The lowest BCUT2D eigenvalue weighted by Crippen LogP contribution is -2.36. The van der Waals surface area contributed by atoms with E-state index < -0.39 is 0 Å². The lowest BCUT2D eigenvalue weighted by molar-refractivity contribution is -0.126. The second-order valence-electron chi connectivity index (χ2n) is 5.44. The van der Waals surface area contributed by atoms with Crippen LogP contribution in [0.4, 0.5) is 5.13 Å². The number of ether oxygens (including phenoxy) is 1. The van der Waals surface area contributed by atoms with E-state index in [0.717, 1.165) is 16.3 Å². The summed E-state index contributed by atoms with van der Waals surface area (Å²) >= 11 is 7.70. The highest BCUT2D eigenvalue weighted by Gasteiger charge is 2.33. The van der Waals surface area contributed by atoms with Gasteiger partial charge < -0.3 is 4.74 Å². The smallest absolute Gasteiger partial charge is 0.266 e. The molecular weight excluding hydrogens is 404 g/mol. The van der Waals surface area contributed by atoms with Crippen molar-refractivity contribution in [2.24, 2.45) is 0 Å². The van der Waals surface area contributed by atoms with Crippen LogP contribution in [0.15, 0.2) is 29.2 Å². The minimum atomic E-state index is -0.371. The number of aryl methyl sites for hydroxylation is 1. The van der Waals surface area contributed by atoms with Crippen LogP contribution in [0.1, 0.15) is 17.5 Å². The fraction of sp³-hybridized carbons (Fsp3) is 0.235. The van der Waals surface area contributed by atoms with E-state index in [9.17, 15) is 9.59 Å². The van der Waals surface area contributed by atoms with Gasteiger partial charge in [-0.2, -0.15) is 0 Å². The third-order valence-corrected chi connectivity index (χ3v) is 5.57. The number of nitrogens with zero attached hydrogens (tertiary/aromatic N) is 3. The number of hydrogen-bond donors (Lipinski definition) is 1. The van der Waals surface area contributed by atoms with Crippen molar-refractivity contribution in [3.63, 3.8) is 0 Å². The Balaban J connectivity index is 1.66. The highest BCUT2D eigenvalue weighted by molar-refractivity contribution is 8.26. The molecule has 2 heterocycles. The van der Waals surface area contributed by atoms with Crippen molar-refractivity contribution in [2.45, 2.75) is 13.8 Å². The number of thioether (sulfide) groups is 1. The molecule has 0 atom stereocenters. The van der Waals surface area contributed by atoms with E-state index in [0.29, 0.717) is 21.0 Å². The molecule has 0 unspecified atom stereocenters. The molecule has 1 saturated heterocycles. The lowest BCUT2D eigenvalue weighted by atomic mass is 10.2. The van der Waals surface area contributed by atoms with Crippen molar-refractivity contribution in [3.8, 4) is 5.75 Å². The molecule has 27 heavy (non-hydrogen) atoms. The molecule has 0 spiro atoms. The zero-order valence-electron chi connectivity index (χ0n) is 14.6. The molecule has 3 rings (SSSR count). The molecule has 1 fully saturated rings. The monoisotopic (exact) mass is 420 g/mol. The molecule has 0 saturated carbocycles. The van der Waals surface area contributed by atoms with Gasteiger partial charge >= 0.3 is 0 Å². The summed E-state index contributed by atoms with van der Waals surface area (Å²) in [5, 5.41) is 11.4. The van der Waals surface area contributed by atoms with E-state index in [-0.39, 0.29) is 18.4 Å². The van der Waals surface area contributed by atoms with Gasteiger partial charge in [-0.3, -0.25) is 19.8 Å². The molecule has 0 bridgehead atoms. The van der Waals surface area contributed by atoms with Gasteiger partial charge in [0.2, 0.25) is 11.0 Å². The summed E-state index contributed by atoms with van der Waals surface area (Å²) < 4.78 is 5.75. The molecule has 1 aliphatic rings. The van der Waals surface area contributed by atoms with E-state index >= 15 is 0 Å². The van der Waals surface area contributed by atoms with Gasteiger partial charge in [0.1, 0.15) is 21.6 Å². The van der Waals surface area contributed by atoms with Gasteiger partial charge in [0, 0.05) is 0 Å². The first-order chi connectivity index (χ1) is 13.0. The summed E-state index contributed by atoms with van der Waals surface area (Å²) in [6, 6.07) is 7.41. The van der Waals surface area contributed by atoms with Gasteiger partial charge in [-0.05, 0) is 37.6 Å². The van der Waals surface area contributed by atoms with Crippen LogP contribution in [-0.2, 0) is 9.59 Å². The van der Waals surface area contributed by atoms with E-state index in [4.69, 9.17) is 17.0 Å². The van der Waals surface area contributed by atoms with Crippen LogP contribution in [0, 0.1) is 6.92 Å². The average Bonchev–Trinajstić information content (AvgIpc) is 3.15. The zero-order valence-corrected chi connectivity index (χ0v) is 17.0. The van der Waals surface area contributed by atoms with Gasteiger partial charge in [-0.15, -0.1) is 10.2 Å². The standard InChI is InChI=1S/C17H16N4O3S3/c1-3-24-12-6-4-11(5-7-12)8-13-15(23)21(17(25)27-13)9-14(22)18-16-20-19-10(2)26-16/h4-8H,3,9H2,1-2H3,(H,18,20,22). The minimum absolute atomic E-state index is 0.163. The number of anilines is 1. The molecule has 1 aromatic heterocycles. The Morgan fingerprint density at radius 3 is 2.70 bits per heavy atom. The number of benzene rings is 1. The Hall–Kier alpha value is -2.30. The Morgan fingerprint density at radius 1 is 1.33 bits per heavy atom. The molecule has 1 aromatic carbocycles. The lowest BCUT2D eigenvalue weighted by Gasteiger charge is -2.13. The number of hydrogen-bond acceptors (Lipinski definition) is 8. The summed E-state index contributed by atoms with van der Waals surface area (Å²) in [6.45, 7) is 4.14. The largest absolute Gasteiger partial charge is 0.494 e. The maximum Gasteiger partial charge on any atom is 0.266 e. The van der Waals surface area contributed by atoms with Gasteiger partial charge in [-0.25, -0.2) is 0 Å². The van der Waals surface area contributed by atoms with Crippen molar-refractivity contribution in [2.75, 3.05) is 18.5 Å². The maximum absolute atomic E-state index is 12.6. The number of carbonyl (C=O) groups excluding carboxylic acids is 2. The Morgan fingerprint density at radius 2 is 2.07 bits per heavy atom. The third-order valence-electron chi connectivity index (χ3n) is 3.44. The van der Waals surface area contributed by atoms with Crippen LogP contribution in [0.3, 0.4) is 0 Å². The van der Waals surface area contributed by atoms with Gasteiger partial charge in [0.15, 0.2) is 0 Å². The van der Waals surface area contributed by atoms with Crippen molar-refractivity contribution >= 4 is 62.7 Å². The third kappa shape index (κ3) is 4.90. The van der Waals surface area contributed by atoms with Gasteiger partial charge in [-0.1, -0.05) is 47.4 Å². The molecule has 140 valence electrons. The summed E-state index contributed by atoms with van der Waals surface area (Å²) in [6.07, 6.45) is 1.75. The SMILES string of the molecule is CCOc1ccc(C=C2SC(=S)N(CC(=O)Nc3nnc(C)s3)C2=O)cc1. The predicted molar refractivity (Wildman–Crippen MR) is 111 cm³/mol. The number of nitrogens with one attached hydrogen (secondary N) is 1. The van der Waals surface area contributed by atoms with Crippen molar-refractivity contribution in [3.05, 3.63) is 39.7 Å². The van der Waals surface area contributed by atoms with Crippen LogP contribution < -0.4 is 10.1 Å². The fourth-order valence-electron chi connectivity index (χ4n) is 2.26. The van der Waals surface area contributed by atoms with Gasteiger partial charge in [0.25, 0.3) is 5.91 Å². The highest BCUT2D eigenvalue weighted by atomic mass is 32.2. The number of rotatable bonds is 6. The first kappa shape index (κ1) is 19.5. The summed E-state index contributed by atoms with van der Waals surface area (Å²) in [4.78, 5) is 26.5. The number of amides is 2. The van der Waals surface area contributed by atoms with Crippen LogP contribution in [0.2, 0.25) is 0 Å². The summed E-state index contributed by atoms with van der Waals surface area (Å²) in [5.41, 5.74) is 0.854. The maximum atomic E-state index is 12.6. The van der Waals surface area contributed by atoms with Crippen molar-refractivity contribution in [1.82, 2.24) is 15.1 Å². The molecule has 1 aliphatic heterocycles. The average molecular weight is 421 g/mol. The van der Waals surface area contributed by atoms with Crippen LogP contribution in [0.25, 0.3) is 6.08 Å². The summed E-state index contributed by atoms with van der Waals surface area (Å²) in [5.74, 6) is 0.109. The first-order valence-corrected chi connectivity index (χ1v) is 10.1. The molecule has 0 radical (unpaired) electrons. The summed E-state index contributed by atoms with van der Waals surface area (Å²) in [7, 11) is 0. The van der Waals surface area contributed by atoms with Crippen LogP contribution in [-0.4, -0.2) is 44.4 Å². The van der Waals surface area contributed by atoms with E-state index in [1.54, 1.807) is 13.0 Å². The first-order valence-electron chi connectivity index (χ1n) is 8.04. The minimum Gasteiger partial charge on any atom is -0.494 e. The Bertz CT molecular complexity index is 908. The quantitative estimate of drug-likeness (QED) is 0.568. The molecule has 2 aromatic rings. The normalized spacial score (nSPS) is 15.5. The zero-order chi connectivity index (χ0) is 19.4. The topological polar surface area (TPSA) is 84.4 Å². The molecule has 10 heteroatoms. The van der Waals surface area contributed by atoms with Crippen LogP contribution in [0.5, 0.6) is 5.75 Å². The second-order valence-corrected chi connectivity index (χ2v) is 8.30. The van der Waals surface area contributed by atoms with Crippen LogP contribution >= 0.6 is 35.3 Å². The van der Waals surface area contributed by atoms with Gasteiger partial charge in [0.05, 0.1) is 11.5 Å². The highest BCUT2D eigenvalue weighted by Crippen LogP contribution is 2.32. The van der Waals surface area contributed by atoms with E-state index in [1.807, 2.05) is 31.2 Å². The second kappa shape index (κ2) is 8.59. The number of thiocarbonyl (C=S) groups is 1. The van der Waals surface area contributed by atoms with Crippen molar-refractivity contribution in [1.29, 1.82) is 0 Å². The van der Waals surface area contributed by atoms with E-state index in [2.05, 4.69) is 15.5 Å². The molecular formula is C17H16N4O3S3. The molecule has 1 N–H and O–H groups in total. The molecule has 2 amide bonds. The van der Waals surface area contributed by atoms with Crippen molar-refractivity contribution < 1.29 is 14.3 Å². The van der Waals surface area contributed by atoms with E-state index in [1.165, 1.54) is 28.0 Å². The predicted octanol–water partition coefficient (Wildman–Crippen LogP) is 3.09.